The lowest BCUT2D eigenvalue weighted by atomic mass is 9.78. The molecule has 2 aromatic carbocycles. The molecular formula is C22H24Cl2F2N2O. The van der Waals surface area contributed by atoms with E-state index in [0.29, 0.717) is 17.8 Å². The summed E-state index contributed by atoms with van der Waals surface area (Å²) in [7, 11) is 0. The van der Waals surface area contributed by atoms with Crippen LogP contribution in [0.3, 0.4) is 0 Å². The molecule has 29 heavy (non-hydrogen) atoms. The molecule has 0 radical (unpaired) electrons. The Morgan fingerprint density at radius 3 is 2.55 bits per heavy atom. The molecule has 7 heteroatoms. The van der Waals surface area contributed by atoms with Crippen molar-refractivity contribution in [3.05, 3.63) is 63.6 Å². The van der Waals surface area contributed by atoms with E-state index in [-0.39, 0.29) is 33.3 Å². The molecule has 0 bridgehead atoms. The van der Waals surface area contributed by atoms with Crippen molar-refractivity contribution in [3.63, 3.8) is 0 Å². The standard InChI is InChI=1S/C22H24Cl2F2N2O/c1-22(2,3)10-18-19(21(29)28-12-7-8-17(25)16(24)9-12)14(11-27-18)13-5-4-6-15(23)20(13)26/h4-9,14,18-19,27H,10-11H2,1-3H3,(H,28,29). The maximum Gasteiger partial charge on any atom is 0.229 e. The van der Waals surface area contributed by atoms with Crippen molar-refractivity contribution in [3.8, 4) is 0 Å². The van der Waals surface area contributed by atoms with Crippen LogP contribution in [0.4, 0.5) is 14.5 Å². The number of hydrogen-bond acceptors (Lipinski definition) is 2. The van der Waals surface area contributed by atoms with Gasteiger partial charge in [0, 0.05) is 24.2 Å². The Hall–Kier alpha value is -1.69. The predicted octanol–water partition coefficient (Wildman–Crippen LogP) is 6.02. The third-order valence-corrected chi connectivity index (χ3v) is 5.75. The van der Waals surface area contributed by atoms with Crippen LogP contribution < -0.4 is 10.6 Å². The second-order valence-electron chi connectivity index (χ2n) is 8.67. The molecule has 0 saturated carbocycles. The summed E-state index contributed by atoms with van der Waals surface area (Å²) in [5, 5.41) is 6.17. The molecule has 2 N–H and O–H groups in total. The van der Waals surface area contributed by atoms with E-state index >= 15 is 0 Å². The van der Waals surface area contributed by atoms with Gasteiger partial charge in [-0.3, -0.25) is 4.79 Å². The molecule has 0 aliphatic carbocycles. The molecule has 1 fully saturated rings. The number of hydrogen-bond donors (Lipinski definition) is 2. The van der Waals surface area contributed by atoms with Gasteiger partial charge < -0.3 is 10.6 Å². The van der Waals surface area contributed by atoms with Gasteiger partial charge in [0.15, 0.2) is 0 Å². The van der Waals surface area contributed by atoms with Gasteiger partial charge in [-0.2, -0.15) is 0 Å². The van der Waals surface area contributed by atoms with Gasteiger partial charge in [-0.25, -0.2) is 8.78 Å². The third kappa shape index (κ3) is 5.08. The van der Waals surface area contributed by atoms with Gasteiger partial charge in [-0.15, -0.1) is 0 Å². The molecular weight excluding hydrogens is 417 g/mol. The van der Waals surface area contributed by atoms with Crippen LogP contribution in [0, 0.1) is 23.0 Å². The Bertz CT molecular complexity index is 914. The van der Waals surface area contributed by atoms with Crippen molar-refractivity contribution in [1.29, 1.82) is 0 Å². The quantitative estimate of drug-likeness (QED) is 0.610. The molecule has 1 saturated heterocycles. The molecule has 0 spiro atoms. The Morgan fingerprint density at radius 2 is 1.90 bits per heavy atom. The molecule has 1 aliphatic heterocycles. The van der Waals surface area contributed by atoms with E-state index in [1.54, 1.807) is 12.1 Å². The van der Waals surface area contributed by atoms with Crippen molar-refractivity contribution in [1.82, 2.24) is 5.32 Å². The zero-order chi connectivity index (χ0) is 21.3. The minimum atomic E-state index is -0.559. The largest absolute Gasteiger partial charge is 0.326 e. The lowest BCUT2D eigenvalue weighted by Crippen LogP contribution is -2.38. The smallest absolute Gasteiger partial charge is 0.229 e. The number of anilines is 1. The Balaban J connectivity index is 1.93. The van der Waals surface area contributed by atoms with Crippen LogP contribution in [0.1, 0.15) is 38.7 Å². The number of carbonyl (C=O) groups excluding carboxylic acids is 1. The number of nitrogens with one attached hydrogen (secondary N) is 2. The van der Waals surface area contributed by atoms with Crippen LogP contribution in [0.2, 0.25) is 10.0 Å². The average Bonchev–Trinajstić information content (AvgIpc) is 3.02. The first-order chi connectivity index (χ1) is 13.6. The monoisotopic (exact) mass is 440 g/mol. The molecule has 1 heterocycles. The Morgan fingerprint density at radius 1 is 1.17 bits per heavy atom. The summed E-state index contributed by atoms with van der Waals surface area (Å²) in [6.07, 6.45) is 0.730. The van der Waals surface area contributed by atoms with E-state index in [1.807, 2.05) is 0 Å². The number of carbonyl (C=O) groups is 1. The highest BCUT2D eigenvalue weighted by Gasteiger charge is 2.44. The van der Waals surface area contributed by atoms with Gasteiger partial charge >= 0.3 is 0 Å². The van der Waals surface area contributed by atoms with Crippen molar-refractivity contribution < 1.29 is 13.6 Å². The van der Waals surface area contributed by atoms with Crippen molar-refractivity contribution in [2.75, 3.05) is 11.9 Å². The fourth-order valence-corrected chi connectivity index (χ4v) is 4.31. The van der Waals surface area contributed by atoms with Crippen molar-refractivity contribution in [2.45, 2.75) is 39.2 Å². The summed E-state index contributed by atoms with van der Waals surface area (Å²) >= 11 is 11.8. The highest BCUT2D eigenvalue weighted by atomic mass is 35.5. The number of rotatable bonds is 4. The summed E-state index contributed by atoms with van der Waals surface area (Å²) in [4.78, 5) is 13.2. The molecule has 3 atom stereocenters. The van der Waals surface area contributed by atoms with Crippen molar-refractivity contribution >= 4 is 34.8 Å². The minimum Gasteiger partial charge on any atom is -0.326 e. The van der Waals surface area contributed by atoms with Crippen molar-refractivity contribution in [2.24, 2.45) is 11.3 Å². The topological polar surface area (TPSA) is 41.1 Å². The van der Waals surface area contributed by atoms with E-state index in [9.17, 15) is 13.6 Å². The van der Waals surface area contributed by atoms with Gasteiger partial charge in [0.25, 0.3) is 0 Å². The summed E-state index contributed by atoms with van der Waals surface area (Å²) in [6, 6.07) is 8.72. The third-order valence-electron chi connectivity index (χ3n) is 5.17. The van der Waals surface area contributed by atoms with E-state index in [0.717, 1.165) is 6.42 Å². The molecule has 3 nitrogen and oxygen atoms in total. The van der Waals surface area contributed by atoms with Crippen LogP contribution in [-0.4, -0.2) is 18.5 Å². The lowest BCUT2D eigenvalue weighted by molar-refractivity contribution is -0.120. The second-order valence-corrected chi connectivity index (χ2v) is 9.49. The summed E-state index contributed by atoms with van der Waals surface area (Å²) in [6.45, 7) is 6.74. The molecule has 156 valence electrons. The van der Waals surface area contributed by atoms with Gasteiger partial charge in [0.1, 0.15) is 11.6 Å². The maximum absolute atomic E-state index is 14.7. The van der Waals surface area contributed by atoms with Gasteiger partial charge in [0.05, 0.1) is 16.0 Å². The summed E-state index contributed by atoms with van der Waals surface area (Å²) in [5.41, 5.74) is 0.781. The van der Waals surface area contributed by atoms with Gasteiger partial charge in [-0.1, -0.05) is 56.1 Å². The SMILES string of the molecule is CC(C)(C)CC1NCC(c2cccc(Cl)c2F)C1C(=O)Nc1ccc(F)c(Cl)c1. The van der Waals surface area contributed by atoms with Crippen LogP contribution in [0.25, 0.3) is 0 Å². The second kappa shape index (κ2) is 8.58. The summed E-state index contributed by atoms with van der Waals surface area (Å²) in [5.74, 6) is -2.23. The molecule has 1 aliphatic rings. The zero-order valence-electron chi connectivity index (χ0n) is 16.5. The maximum atomic E-state index is 14.7. The fraction of sp³-hybridized carbons (Fsp3) is 0.409. The normalized spacial score (nSPS) is 22.0. The molecule has 1 amide bonds. The average molecular weight is 441 g/mol. The van der Waals surface area contributed by atoms with Crippen LogP contribution in [0.5, 0.6) is 0 Å². The summed E-state index contributed by atoms with van der Waals surface area (Å²) < 4.78 is 28.2. The molecule has 0 aromatic heterocycles. The number of benzene rings is 2. The highest BCUT2D eigenvalue weighted by Crippen LogP contribution is 2.39. The van der Waals surface area contributed by atoms with Crippen LogP contribution in [-0.2, 0) is 4.79 Å². The fourth-order valence-electron chi connectivity index (χ4n) is 3.95. The predicted molar refractivity (Wildman–Crippen MR) is 114 cm³/mol. The first kappa shape index (κ1) is 22.0. The number of halogens is 4. The van der Waals surface area contributed by atoms with Crippen LogP contribution in [0.15, 0.2) is 36.4 Å². The van der Waals surface area contributed by atoms with E-state index in [1.165, 1.54) is 24.3 Å². The van der Waals surface area contributed by atoms with E-state index < -0.39 is 17.6 Å². The van der Waals surface area contributed by atoms with Crippen LogP contribution >= 0.6 is 23.2 Å². The Labute approximate surface area is 179 Å². The van der Waals surface area contributed by atoms with Gasteiger partial charge in [-0.05, 0) is 41.7 Å². The zero-order valence-corrected chi connectivity index (χ0v) is 18.0. The van der Waals surface area contributed by atoms with E-state index in [4.69, 9.17) is 23.2 Å². The van der Waals surface area contributed by atoms with E-state index in [2.05, 4.69) is 31.4 Å². The first-order valence-electron chi connectivity index (χ1n) is 9.50. The lowest BCUT2D eigenvalue weighted by Gasteiger charge is -2.29. The minimum absolute atomic E-state index is 0.0306. The molecule has 3 unspecified atom stereocenters. The molecule has 2 aromatic rings. The van der Waals surface area contributed by atoms with Gasteiger partial charge in [0.2, 0.25) is 5.91 Å². The highest BCUT2D eigenvalue weighted by molar-refractivity contribution is 6.31. The molecule has 3 rings (SSSR count). The first-order valence-corrected chi connectivity index (χ1v) is 10.3. The number of amides is 1. The Kier molecular flexibility index (Phi) is 6.51.